The minimum Gasteiger partial charge on any atom is -0.481 e. The highest BCUT2D eigenvalue weighted by molar-refractivity contribution is 7.11. The minimum absolute atomic E-state index is 0.0894. The summed E-state index contributed by atoms with van der Waals surface area (Å²) < 4.78 is 0. The van der Waals surface area contributed by atoms with Gasteiger partial charge in [0.1, 0.15) is 4.88 Å². The van der Waals surface area contributed by atoms with Crippen LogP contribution in [-0.4, -0.2) is 39.5 Å². The van der Waals surface area contributed by atoms with E-state index in [1.807, 2.05) is 6.92 Å². The van der Waals surface area contributed by atoms with Crippen molar-refractivity contribution in [3.05, 3.63) is 16.1 Å². The molecule has 1 saturated heterocycles. The maximum atomic E-state index is 12.4. The van der Waals surface area contributed by atoms with E-state index in [1.165, 1.54) is 11.3 Å². The number of hydrogen-bond acceptors (Lipinski definition) is 4. The molecular weight excluding hydrogens is 252 g/mol. The van der Waals surface area contributed by atoms with Crippen molar-refractivity contribution >= 4 is 23.2 Å². The van der Waals surface area contributed by atoms with Gasteiger partial charge < -0.3 is 10.0 Å². The van der Waals surface area contributed by atoms with Crippen LogP contribution >= 0.6 is 11.3 Å². The summed E-state index contributed by atoms with van der Waals surface area (Å²) in [6.45, 7) is 4.24. The van der Waals surface area contributed by atoms with Crippen molar-refractivity contribution in [1.82, 2.24) is 9.88 Å². The van der Waals surface area contributed by atoms with E-state index in [9.17, 15) is 9.59 Å². The smallest absolute Gasteiger partial charge is 0.308 e. The van der Waals surface area contributed by atoms with E-state index >= 15 is 0 Å². The fourth-order valence-corrected chi connectivity index (χ4v) is 3.16. The zero-order chi connectivity index (χ0) is 13.3. The number of aliphatic carboxylic acids is 1. The molecule has 0 aromatic carbocycles. The van der Waals surface area contributed by atoms with E-state index in [0.29, 0.717) is 17.8 Å². The van der Waals surface area contributed by atoms with Crippen LogP contribution in [0.5, 0.6) is 0 Å². The van der Waals surface area contributed by atoms with Crippen LogP contribution in [-0.2, 0) is 4.79 Å². The second-order valence-corrected chi connectivity index (χ2v) is 5.45. The summed E-state index contributed by atoms with van der Waals surface area (Å²) in [5.41, 5.74) is 2.36. The number of nitrogens with zero attached hydrogens (tertiary/aromatic N) is 2. The van der Waals surface area contributed by atoms with Gasteiger partial charge >= 0.3 is 5.97 Å². The number of aryl methyl sites for hydroxylation is 1. The molecule has 6 heteroatoms. The summed E-state index contributed by atoms with van der Waals surface area (Å²) in [7, 11) is 0. The largest absolute Gasteiger partial charge is 0.481 e. The van der Waals surface area contributed by atoms with Crippen LogP contribution in [0.3, 0.4) is 0 Å². The Kier molecular flexibility index (Phi) is 3.65. The SMILES string of the molecule is Cc1ncsc1C(=O)N1CCC[C@@H](C(=O)O)[C@H]1C. The van der Waals surface area contributed by atoms with Crippen molar-refractivity contribution in [3.63, 3.8) is 0 Å². The van der Waals surface area contributed by atoms with Gasteiger partial charge in [0.2, 0.25) is 0 Å². The molecule has 2 heterocycles. The molecule has 0 radical (unpaired) electrons. The Bertz CT molecular complexity index is 472. The number of amides is 1. The predicted octanol–water partition coefficient (Wildman–Crippen LogP) is 1.78. The molecule has 1 aromatic heterocycles. The van der Waals surface area contributed by atoms with Crippen LogP contribution < -0.4 is 0 Å². The Hall–Kier alpha value is -1.43. The lowest BCUT2D eigenvalue weighted by Crippen LogP contribution is -2.49. The first kappa shape index (κ1) is 13.0. The van der Waals surface area contributed by atoms with Gasteiger partial charge in [0.15, 0.2) is 0 Å². The average Bonchev–Trinajstić information content (AvgIpc) is 2.74. The van der Waals surface area contributed by atoms with E-state index in [4.69, 9.17) is 5.11 Å². The van der Waals surface area contributed by atoms with Crippen molar-refractivity contribution < 1.29 is 14.7 Å². The first-order valence-electron chi connectivity index (χ1n) is 5.96. The molecule has 2 atom stereocenters. The molecule has 0 spiro atoms. The fourth-order valence-electron chi connectivity index (χ4n) is 2.40. The van der Waals surface area contributed by atoms with E-state index in [-0.39, 0.29) is 11.9 Å². The predicted molar refractivity (Wildman–Crippen MR) is 67.7 cm³/mol. The fraction of sp³-hybridized carbons (Fsp3) is 0.583. The van der Waals surface area contributed by atoms with Crippen LogP contribution in [0, 0.1) is 12.8 Å². The van der Waals surface area contributed by atoms with Crippen molar-refractivity contribution in [2.75, 3.05) is 6.54 Å². The molecule has 1 amide bonds. The molecule has 1 fully saturated rings. The van der Waals surface area contributed by atoms with E-state index in [1.54, 1.807) is 17.3 Å². The average molecular weight is 268 g/mol. The monoisotopic (exact) mass is 268 g/mol. The standard InChI is InChI=1S/C12H16N2O3S/c1-7-10(18-6-13-7)11(15)14-5-3-4-9(8(14)2)12(16)17/h6,8-9H,3-5H2,1-2H3,(H,16,17)/t8-,9-/m1/s1. The van der Waals surface area contributed by atoms with Crippen LogP contribution in [0.15, 0.2) is 5.51 Å². The third-order valence-electron chi connectivity index (χ3n) is 3.51. The van der Waals surface area contributed by atoms with Crippen molar-refractivity contribution in [2.45, 2.75) is 32.7 Å². The third kappa shape index (κ3) is 2.25. The lowest BCUT2D eigenvalue weighted by molar-refractivity contribution is -0.144. The van der Waals surface area contributed by atoms with Gasteiger partial charge in [-0.25, -0.2) is 4.98 Å². The van der Waals surface area contributed by atoms with Crippen LogP contribution in [0.2, 0.25) is 0 Å². The van der Waals surface area contributed by atoms with Gasteiger partial charge in [0, 0.05) is 12.6 Å². The Morgan fingerprint density at radius 2 is 2.28 bits per heavy atom. The number of rotatable bonds is 2. The van der Waals surface area contributed by atoms with E-state index < -0.39 is 11.9 Å². The zero-order valence-electron chi connectivity index (χ0n) is 10.4. The van der Waals surface area contributed by atoms with E-state index in [2.05, 4.69) is 4.98 Å². The Labute approximate surface area is 109 Å². The summed E-state index contributed by atoms with van der Waals surface area (Å²) in [6.07, 6.45) is 1.38. The normalized spacial score (nSPS) is 24.0. The maximum absolute atomic E-state index is 12.4. The zero-order valence-corrected chi connectivity index (χ0v) is 11.2. The molecule has 18 heavy (non-hydrogen) atoms. The number of carbonyl (C=O) groups is 2. The summed E-state index contributed by atoms with van der Waals surface area (Å²) in [5.74, 6) is -1.37. The number of carboxylic acids is 1. The molecule has 98 valence electrons. The van der Waals surface area contributed by atoms with Gasteiger partial charge in [-0.05, 0) is 26.7 Å². The molecule has 0 bridgehead atoms. The van der Waals surface area contributed by atoms with Crippen LogP contribution in [0.4, 0.5) is 0 Å². The first-order valence-corrected chi connectivity index (χ1v) is 6.84. The molecule has 1 N–H and O–H groups in total. The number of carbonyl (C=O) groups excluding carboxylic acids is 1. The lowest BCUT2D eigenvalue weighted by atomic mass is 9.90. The molecule has 0 saturated carbocycles. The maximum Gasteiger partial charge on any atom is 0.308 e. The third-order valence-corrected chi connectivity index (χ3v) is 4.42. The molecule has 5 nitrogen and oxygen atoms in total. The summed E-state index contributed by atoms with van der Waals surface area (Å²) >= 11 is 1.31. The second kappa shape index (κ2) is 5.06. The van der Waals surface area contributed by atoms with Gasteiger partial charge in [-0.1, -0.05) is 0 Å². The number of likely N-dealkylation sites (tertiary alicyclic amines) is 1. The molecule has 2 rings (SSSR count). The minimum atomic E-state index is -0.818. The topological polar surface area (TPSA) is 70.5 Å². The highest BCUT2D eigenvalue weighted by Crippen LogP contribution is 2.26. The number of thiazole rings is 1. The van der Waals surface area contributed by atoms with Gasteiger partial charge in [-0.2, -0.15) is 0 Å². The highest BCUT2D eigenvalue weighted by Gasteiger charge is 2.36. The number of hydrogen-bond donors (Lipinski definition) is 1. The molecule has 0 aliphatic carbocycles. The van der Waals surface area contributed by atoms with Gasteiger partial charge in [0.05, 0.1) is 17.1 Å². The Morgan fingerprint density at radius 1 is 1.56 bits per heavy atom. The molecular formula is C12H16N2O3S. The Balaban J connectivity index is 2.20. The lowest BCUT2D eigenvalue weighted by Gasteiger charge is -2.37. The highest BCUT2D eigenvalue weighted by atomic mass is 32.1. The molecule has 1 aromatic rings. The van der Waals surface area contributed by atoms with Crippen molar-refractivity contribution in [3.8, 4) is 0 Å². The number of piperidine rings is 1. The molecule has 1 aliphatic heterocycles. The molecule has 0 unspecified atom stereocenters. The second-order valence-electron chi connectivity index (χ2n) is 4.59. The van der Waals surface area contributed by atoms with Crippen molar-refractivity contribution in [2.24, 2.45) is 5.92 Å². The van der Waals surface area contributed by atoms with Gasteiger partial charge in [0.25, 0.3) is 5.91 Å². The number of carboxylic acid groups (broad SMARTS) is 1. The van der Waals surface area contributed by atoms with Gasteiger partial charge in [-0.3, -0.25) is 9.59 Å². The first-order chi connectivity index (χ1) is 8.52. The summed E-state index contributed by atoms with van der Waals surface area (Å²) in [4.78, 5) is 29.9. The van der Waals surface area contributed by atoms with Crippen LogP contribution in [0.1, 0.15) is 35.1 Å². The molecule has 1 aliphatic rings. The Morgan fingerprint density at radius 3 is 2.83 bits per heavy atom. The van der Waals surface area contributed by atoms with E-state index in [0.717, 1.165) is 12.1 Å². The quantitative estimate of drug-likeness (QED) is 0.887. The van der Waals surface area contributed by atoms with Crippen molar-refractivity contribution in [1.29, 1.82) is 0 Å². The van der Waals surface area contributed by atoms with Gasteiger partial charge in [-0.15, -0.1) is 11.3 Å². The summed E-state index contributed by atoms with van der Waals surface area (Å²) in [6, 6.07) is -0.259. The summed E-state index contributed by atoms with van der Waals surface area (Å²) in [5, 5.41) is 9.15. The van der Waals surface area contributed by atoms with Crippen LogP contribution in [0.25, 0.3) is 0 Å². The number of aromatic nitrogens is 1.